The Kier molecular flexibility index (Phi) is 5.42. The molecule has 88 valence electrons. The molecule has 1 aliphatic heterocycles. The summed E-state index contributed by atoms with van der Waals surface area (Å²) in [4.78, 5) is 13.0. The van der Waals surface area contributed by atoms with Gasteiger partial charge in [0.2, 0.25) is 0 Å². The third kappa shape index (κ3) is 4.40. The minimum atomic E-state index is -0.747. The molecule has 0 aromatic rings. The van der Waals surface area contributed by atoms with Gasteiger partial charge in [-0.25, -0.2) is 0 Å². The normalized spacial score (nSPS) is 25.1. The first-order valence-corrected chi connectivity index (χ1v) is 6.36. The second kappa shape index (κ2) is 6.35. The lowest BCUT2D eigenvalue weighted by Crippen LogP contribution is -2.43. The number of nitrogens with zero attached hydrogens (tertiary/aromatic N) is 1. The Morgan fingerprint density at radius 1 is 1.73 bits per heavy atom. The van der Waals surface area contributed by atoms with Gasteiger partial charge < -0.3 is 9.84 Å². The Bertz CT molecular complexity index is 213. The molecule has 0 aromatic carbocycles. The van der Waals surface area contributed by atoms with Crippen LogP contribution in [0.1, 0.15) is 13.8 Å². The van der Waals surface area contributed by atoms with Gasteiger partial charge in [-0.05, 0) is 13.5 Å². The van der Waals surface area contributed by atoms with E-state index in [-0.39, 0.29) is 11.4 Å². The molecule has 0 radical (unpaired) electrons. The van der Waals surface area contributed by atoms with Crippen molar-refractivity contribution in [1.29, 1.82) is 0 Å². The van der Waals surface area contributed by atoms with Crippen LogP contribution in [0.15, 0.2) is 0 Å². The van der Waals surface area contributed by atoms with E-state index >= 15 is 0 Å². The van der Waals surface area contributed by atoms with Gasteiger partial charge in [0.15, 0.2) is 0 Å². The quantitative estimate of drug-likeness (QED) is 0.765. The highest BCUT2D eigenvalue weighted by Gasteiger charge is 2.21. The van der Waals surface area contributed by atoms with Crippen molar-refractivity contribution < 1.29 is 14.6 Å². The van der Waals surface area contributed by atoms with Crippen molar-refractivity contribution in [2.24, 2.45) is 0 Å². The number of carbonyl (C=O) groups is 1. The van der Waals surface area contributed by atoms with Gasteiger partial charge in [0, 0.05) is 18.8 Å². The van der Waals surface area contributed by atoms with Crippen LogP contribution in [0, 0.1) is 0 Å². The molecule has 0 aromatic heterocycles. The standard InChI is InChI=1S/C10H19NO3S/c1-3-11-4-5-14-9(6-11)7-15-8(2)10(12)13/h8-9H,3-7H2,1-2H3,(H,12,13). The van der Waals surface area contributed by atoms with Gasteiger partial charge in [-0.3, -0.25) is 9.69 Å². The smallest absolute Gasteiger partial charge is 0.316 e. The summed E-state index contributed by atoms with van der Waals surface area (Å²) in [7, 11) is 0. The zero-order valence-electron chi connectivity index (χ0n) is 9.31. The summed E-state index contributed by atoms with van der Waals surface area (Å²) in [5.41, 5.74) is 0. The first-order valence-electron chi connectivity index (χ1n) is 5.31. The van der Waals surface area contributed by atoms with E-state index in [0.717, 1.165) is 32.0 Å². The lowest BCUT2D eigenvalue weighted by atomic mass is 10.3. The zero-order valence-corrected chi connectivity index (χ0v) is 10.1. The number of morpholine rings is 1. The third-order valence-corrected chi connectivity index (χ3v) is 3.82. The molecule has 1 N–H and O–H groups in total. The van der Waals surface area contributed by atoms with Crippen LogP contribution in [-0.4, -0.2) is 59.3 Å². The van der Waals surface area contributed by atoms with Crippen LogP contribution in [0.2, 0.25) is 0 Å². The van der Waals surface area contributed by atoms with E-state index in [1.807, 2.05) is 0 Å². The van der Waals surface area contributed by atoms with E-state index in [1.165, 1.54) is 11.8 Å². The van der Waals surface area contributed by atoms with Crippen molar-refractivity contribution in [3.63, 3.8) is 0 Å². The van der Waals surface area contributed by atoms with Crippen molar-refractivity contribution >= 4 is 17.7 Å². The number of carboxylic acid groups (broad SMARTS) is 1. The number of carboxylic acids is 1. The van der Waals surface area contributed by atoms with Crippen molar-refractivity contribution in [3.8, 4) is 0 Å². The van der Waals surface area contributed by atoms with Gasteiger partial charge in [-0.1, -0.05) is 6.92 Å². The van der Waals surface area contributed by atoms with E-state index in [4.69, 9.17) is 9.84 Å². The molecular formula is C10H19NO3S. The van der Waals surface area contributed by atoms with Crippen molar-refractivity contribution in [2.75, 3.05) is 32.0 Å². The average molecular weight is 233 g/mol. The topological polar surface area (TPSA) is 49.8 Å². The van der Waals surface area contributed by atoms with Crippen LogP contribution in [0.3, 0.4) is 0 Å². The van der Waals surface area contributed by atoms with Crippen molar-refractivity contribution in [3.05, 3.63) is 0 Å². The number of ether oxygens (including phenoxy) is 1. The predicted octanol–water partition coefficient (Wildman–Crippen LogP) is 0.913. The fraction of sp³-hybridized carbons (Fsp3) is 0.900. The van der Waals surface area contributed by atoms with Crippen molar-refractivity contribution in [1.82, 2.24) is 4.90 Å². The average Bonchev–Trinajstić information content (AvgIpc) is 2.26. The van der Waals surface area contributed by atoms with Gasteiger partial charge >= 0.3 is 5.97 Å². The van der Waals surface area contributed by atoms with Gasteiger partial charge in [0.05, 0.1) is 18.0 Å². The second-order valence-electron chi connectivity index (χ2n) is 3.70. The Morgan fingerprint density at radius 2 is 2.47 bits per heavy atom. The number of likely N-dealkylation sites (N-methyl/N-ethyl adjacent to an activating group) is 1. The minimum Gasteiger partial charge on any atom is -0.480 e. The maximum Gasteiger partial charge on any atom is 0.316 e. The second-order valence-corrected chi connectivity index (χ2v) is 5.07. The van der Waals surface area contributed by atoms with Gasteiger partial charge in [0.25, 0.3) is 0 Å². The third-order valence-electron chi connectivity index (χ3n) is 2.55. The van der Waals surface area contributed by atoms with E-state index in [1.54, 1.807) is 6.92 Å². The summed E-state index contributed by atoms with van der Waals surface area (Å²) in [5.74, 6) is 0.0207. The molecule has 2 unspecified atom stereocenters. The number of hydrogen-bond acceptors (Lipinski definition) is 4. The summed E-state index contributed by atoms with van der Waals surface area (Å²) in [6.07, 6.45) is 0.186. The van der Waals surface area contributed by atoms with Crippen LogP contribution in [0.5, 0.6) is 0 Å². The molecule has 4 nitrogen and oxygen atoms in total. The van der Waals surface area contributed by atoms with Crippen LogP contribution in [0.25, 0.3) is 0 Å². The molecule has 0 amide bonds. The molecule has 1 fully saturated rings. The van der Waals surface area contributed by atoms with Gasteiger partial charge in [-0.2, -0.15) is 0 Å². The van der Waals surface area contributed by atoms with E-state index in [9.17, 15) is 4.79 Å². The zero-order chi connectivity index (χ0) is 11.3. The lowest BCUT2D eigenvalue weighted by molar-refractivity contribution is -0.136. The van der Waals surface area contributed by atoms with Crippen LogP contribution >= 0.6 is 11.8 Å². The molecule has 0 spiro atoms. The fourth-order valence-electron chi connectivity index (χ4n) is 1.49. The van der Waals surface area contributed by atoms with E-state index in [2.05, 4.69) is 11.8 Å². The summed E-state index contributed by atoms with van der Waals surface area (Å²) in [5, 5.41) is 8.40. The largest absolute Gasteiger partial charge is 0.480 e. The number of aliphatic carboxylic acids is 1. The number of thioether (sulfide) groups is 1. The predicted molar refractivity (Wildman–Crippen MR) is 61.4 cm³/mol. The molecule has 5 heteroatoms. The molecule has 15 heavy (non-hydrogen) atoms. The molecular weight excluding hydrogens is 214 g/mol. The van der Waals surface area contributed by atoms with Crippen molar-refractivity contribution in [2.45, 2.75) is 25.2 Å². The van der Waals surface area contributed by atoms with E-state index < -0.39 is 5.97 Å². The molecule has 1 heterocycles. The molecule has 0 saturated carbocycles. The molecule has 2 atom stereocenters. The van der Waals surface area contributed by atoms with Gasteiger partial charge in [-0.15, -0.1) is 11.8 Å². The summed E-state index contributed by atoms with van der Waals surface area (Å²) >= 11 is 1.45. The monoisotopic (exact) mass is 233 g/mol. The Morgan fingerprint density at radius 3 is 3.07 bits per heavy atom. The molecule has 0 aliphatic carbocycles. The Hall–Kier alpha value is -0.260. The highest BCUT2D eigenvalue weighted by Crippen LogP contribution is 2.16. The summed E-state index contributed by atoms with van der Waals surface area (Å²) < 4.78 is 5.58. The minimum absolute atomic E-state index is 0.186. The van der Waals surface area contributed by atoms with Gasteiger partial charge in [0.1, 0.15) is 0 Å². The summed E-state index contributed by atoms with van der Waals surface area (Å²) in [6.45, 7) is 7.57. The SMILES string of the molecule is CCN1CCOC(CSC(C)C(=O)O)C1. The highest BCUT2D eigenvalue weighted by molar-refractivity contribution is 8.00. The Balaban J connectivity index is 2.23. The first kappa shape index (κ1) is 12.8. The number of hydrogen-bond donors (Lipinski definition) is 1. The Labute approximate surface area is 95.0 Å². The van der Waals surface area contributed by atoms with Crippen LogP contribution in [-0.2, 0) is 9.53 Å². The van der Waals surface area contributed by atoms with Crippen LogP contribution in [0.4, 0.5) is 0 Å². The number of rotatable bonds is 5. The van der Waals surface area contributed by atoms with Crippen LogP contribution < -0.4 is 0 Å². The lowest BCUT2D eigenvalue weighted by Gasteiger charge is -2.32. The molecule has 1 saturated heterocycles. The molecule has 0 bridgehead atoms. The molecule has 1 aliphatic rings. The maximum atomic E-state index is 10.6. The summed E-state index contributed by atoms with van der Waals surface area (Å²) in [6, 6.07) is 0. The van der Waals surface area contributed by atoms with E-state index in [0.29, 0.717) is 0 Å². The first-order chi connectivity index (χ1) is 7.13. The fourth-order valence-corrected chi connectivity index (χ4v) is 2.34. The highest BCUT2D eigenvalue weighted by atomic mass is 32.2. The maximum absolute atomic E-state index is 10.6. The molecule has 1 rings (SSSR count).